The molecule has 3 aromatic heterocycles. The molecule has 8 nitrogen and oxygen atoms in total. The van der Waals surface area contributed by atoms with Crippen molar-refractivity contribution in [3.05, 3.63) is 77.5 Å². The third-order valence-corrected chi connectivity index (χ3v) is 6.23. The van der Waals surface area contributed by atoms with E-state index >= 15 is 0 Å². The van der Waals surface area contributed by atoms with Gasteiger partial charge in [-0.15, -0.1) is 0 Å². The number of hydrogen-bond acceptors (Lipinski definition) is 6. The number of imidazole rings is 2. The lowest BCUT2D eigenvalue weighted by Crippen LogP contribution is -2.21. The summed E-state index contributed by atoms with van der Waals surface area (Å²) < 4.78 is 3.94. The highest BCUT2D eigenvalue weighted by atomic mass is 16.3. The molecule has 1 aliphatic carbocycles. The average Bonchev–Trinajstić information content (AvgIpc) is 3.39. The van der Waals surface area contributed by atoms with Gasteiger partial charge in [0.05, 0.1) is 41.0 Å². The third-order valence-electron chi connectivity index (χ3n) is 6.23. The molecule has 1 aliphatic rings. The zero-order valence-electron chi connectivity index (χ0n) is 17.3. The zero-order chi connectivity index (χ0) is 21.8. The number of nitriles is 1. The van der Waals surface area contributed by atoms with Gasteiger partial charge in [0.25, 0.3) is 0 Å². The van der Waals surface area contributed by atoms with Gasteiger partial charge in [0.1, 0.15) is 17.7 Å². The van der Waals surface area contributed by atoms with Gasteiger partial charge >= 0.3 is 0 Å². The summed E-state index contributed by atoms with van der Waals surface area (Å²) in [5.41, 5.74) is 5.62. The number of fused-ring (bicyclic) bond motifs is 3. The molecule has 0 aliphatic heterocycles. The Morgan fingerprint density at radius 2 is 1.88 bits per heavy atom. The summed E-state index contributed by atoms with van der Waals surface area (Å²) >= 11 is 0. The lowest BCUT2D eigenvalue weighted by atomic mass is 9.85. The highest BCUT2D eigenvalue weighted by Crippen LogP contribution is 2.40. The van der Waals surface area contributed by atoms with Crippen LogP contribution in [0.2, 0.25) is 0 Å². The van der Waals surface area contributed by atoms with Crippen LogP contribution in [0.3, 0.4) is 0 Å². The molecule has 156 valence electrons. The number of aromatic nitrogens is 6. The fourth-order valence-corrected chi connectivity index (χ4v) is 4.73. The lowest BCUT2D eigenvalue weighted by Gasteiger charge is -2.30. The summed E-state index contributed by atoms with van der Waals surface area (Å²) in [5.74, 6) is 1.32. The normalized spacial score (nSPS) is 18.0. The molecule has 2 aromatic carbocycles. The van der Waals surface area contributed by atoms with Gasteiger partial charge in [0, 0.05) is 0 Å². The summed E-state index contributed by atoms with van der Waals surface area (Å²) in [5, 5.41) is 19.8. The van der Waals surface area contributed by atoms with E-state index in [1.54, 1.807) is 29.2 Å². The predicted octanol–water partition coefficient (Wildman–Crippen LogP) is 3.76. The van der Waals surface area contributed by atoms with E-state index in [4.69, 9.17) is 9.97 Å². The van der Waals surface area contributed by atoms with E-state index < -0.39 is 6.10 Å². The summed E-state index contributed by atoms with van der Waals surface area (Å²) in [6.45, 7) is 1.97. The first-order chi connectivity index (χ1) is 15.6. The minimum Gasteiger partial charge on any atom is -0.388 e. The Labute approximate surface area is 183 Å². The van der Waals surface area contributed by atoms with Crippen LogP contribution in [0.5, 0.6) is 0 Å². The first-order valence-electron chi connectivity index (χ1n) is 10.5. The van der Waals surface area contributed by atoms with Crippen molar-refractivity contribution in [3.63, 3.8) is 0 Å². The molecule has 6 rings (SSSR count). The Morgan fingerprint density at radius 3 is 2.72 bits per heavy atom. The third kappa shape index (κ3) is 2.72. The highest BCUT2D eigenvalue weighted by molar-refractivity contribution is 5.79. The van der Waals surface area contributed by atoms with Crippen molar-refractivity contribution in [2.75, 3.05) is 0 Å². The second-order valence-electron chi connectivity index (χ2n) is 8.08. The average molecular weight is 421 g/mol. The van der Waals surface area contributed by atoms with Crippen LogP contribution < -0.4 is 0 Å². The number of rotatable bonds is 2. The van der Waals surface area contributed by atoms with E-state index in [1.807, 2.05) is 31.2 Å². The van der Waals surface area contributed by atoms with Crippen molar-refractivity contribution in [2.45, 2.75) is 31.9 Å². The van der Waals surface area contributed by atoms with E-state index in [9.17, 15) is 10.4 Å². The minimum atomic E-state index is -0.450. The van der Waals surface area contributed by atoms with Crippen LogP contribution in [-0.4, -0.2) is 34.2 Å². The Kier molecular flexibility index (Phi) is 4.06. The molecule has 1 unspecified atom stereocenters. The number of hydrogen-bond donors (Lipinski definition) is 1. The van der Waals surface area contributed by atoms with Crippen LogP contribution in [-0.2, 0) is 0 Å². The Balaban J connectivity index is 1.54. The minimum absolute atomic E-state index is 0.0343. The van der Waals surface area contributed by atoms with Crippen molar-refractivity contribution < 1.29 is 5.11 Å². The summed E-state index contributed by atoms with van der Waals surface area (Å²) in [4.78, 5) is 18.5. The standard InChI is InChI=1S/C24H19N7O/c1-14-28-19-12-26-24(30-13-27-18-7-6-15(11-25)10-21(18)30)29-23(19)31(14)20-8-9-22(32)17-5-3-2-4-16(17)20/h2-7,10,12-13,20,22,32H,8-9H2,1H3/t20?,22-/m1/s1. The van der Waals surface area contributed by atoms with E-state index in [1.165, 1.54) is 0 Å². The monoisotopic (exact) mass is 421 g/mol. The van der Waals surface area contributed by atoms with Crippen molar-refractivity contribution in [1.29, 1.82) is 5.26 Å². The van der Waals surface area contributed by atoms with Crippen LogP contribution in [0, 0.1) is 18.3 Å². The van der Waals surface area contributed by atoms with E-state index in [-0.39, 0.29) is 6.04 Å². The van der Waals surface area contributed by atoms with Gasteiger partial charge in [0.15, 0.2) is 5.65 Å². The maximum absolute atomic E-state index is 10.5. The van der Waals surface area contributed by atoms with Gasteiger partial charge in [-0.25, -0.2) is 15.0 Å². The lowest BCUT2D eigenvalue weighted by molar-refractivity contribution is 0.147. The van der Waals surface area contributed by atoms with E-state index in [0.717, 1.165) is 45.6 Å². The fourth-order valence-electron chi connectivity index (χ4n) is 4.73. The molecule has 0 radical (unpaired) electrons. The van der Waals surface area contributed by atoms with Crippen LogP contribution >= 0.6 is 0 Å². The second-order valence-corrected chi connectivity index (χ2v) is 8.08. The zero-order valence-corrected chi connectivity index (χ0v) is 17.3. The molecule has 32 heavy (non-hydrogen) atoms. The van der Waals surface area contributed by atoms with Gasteiger partial charge in [-0.2, -0.15) is 10.2 Å². The molecule has 0 saturated heterocycles. The quantitative estimate of drug-likeness (QED) is 0.465. The smallest absolute Gasteiger partial charge is 0.237 e. The number of nitrogens with zero attached hydrogens (tertiary/aromatic N) is 7. The topological polar surface area (TPSA) is 105 Å². The molecule has 1 N–H and O–H groups in total. The molecule has 2 atom stereocenters. The summed E-state index contributed by atoms with van der Waals surface area (Å²) in [6, 6.07) is 15.6. The molecule has 0 bridgehead atoms. The van der Waals surface area contributed by atoms with Crippen molar-refractivity contribution >= 4 is 22.2 Å². The second kappa shape index (κ2) is 6.97. The SMILES string of the molecule is Cc1nc2cnc(-n3cnc4ccc(C#N)cc43)nc2n1C1CC[C@@H](O)c2ccccc21. The molecule has 8 heteroatoms. The van der Waals surface area contributed by atoms with E-state index in [2.05, 4.69) is 26.7 Å². The maximum Gasteiger partial charge on any atom is 0.237 e. The summed E-state index contributed by atoms with van der Waals surface area (Å²) in [6.07, 6.45) is 4.43. The van der Waals surface area contributed by atoms with Gasteiger partial charge in [0.2, 0.25) is 5.95 Å². The first-order valence-corrected chi connectivity index (χ1v) is 10.5. The number of benzene rings is 2. The summed E-state index contributed by atoms with van der Waals surface area (Å²) in [7, 11) is 0. The van der Waals surface area contributed by atoms with Gasteiger partial charge in [-0.05, 0) is 49.1 Å². The Hall–Kier alpha value is -4.09. The molecular weight excluding hydrogens is 402 g/mol. The van der Waals surface area contributed by atoms with Crippen LogP contribution in [0.15, 0.2) is 55.0 Å². The molecular formula is C24H19N7O. The Morgan fingerprint density at radius 1 is 1.03 bits per heavy atom. The van der Waals surface area contributed by atoms with Crippen LogP contribution in [0.1, 0.15) is 47.5 Å². The first kappa shape index (κ1) is 18.7. The Bertz CT molecular complexity index is 1540. The number of aliphatic hydroxyl groups excluding tert-OH is 1. The molecule has 0 fully saturated rings. The van der Waals surface area contributed by atoms with Crippen LogP contribution in [0.25, 0.3) is 28.1 Å². The predicted molar refractivity (Wildman–Crippen MR) is 118 cm³/mol. The molecule has 5 aromatic rings. The van der Waals surface area contributed by atoms with E-state index in [0.29, 0.717) is 17.9 Å². The fraction of sp³-hybridized carbons (Fsp3) is 0.208. The molecule has 0 amide bonds. The number of aliphatic hydroxyl groups is 1. The van der Waals surface area contributed by atoms with Gasteiger partial charge < -0.3 is 9.67 Å². The van der Waals surface area contributed by atoms with Crippen molar-refractivity contribution in [1.82, 2.24) is 29.1 Å². The highest BCUT2D eigenvalue weighted by Gasteiger charge is 2.29. The maximum atomic E-state index is 10.5. The largest absolute Gasteiger partial charge is 0.388 e. The van der Waals surface area contributed by atoms with Crippen LogP contribution in [0.4, 0.5) is 0 Å². The molecule has 0 spiro atoms. The molecule has 0 saturated carbocycles. The van der Waals surface area contributed by atoms with Gasteiger partial charge in [-0.3, -0.25) is 4.57 Å². The van der Waals surface area contributed by atoms with Gasteiger partial charge in [-0.1, -0.05) is 24.3 Å². The van der Waals surface area contributed by atoms with Crippen molar-refractivity contribution in [3.8, 4) is 12.0 Å². The van der Waals surface area contributed by atoms with Crippen molar-refractivity contribution in [2.24, 2.45) is 0 Å². The molecule has 3 heterocycles. The number of aryl methyl sites for hydroxylation is 1.